The molecule has 4 aromatic rings. The number of H-pyrrole nitrogens is 1. The molecule has 1 aliphatic heterocycles. The van der Waals surface area contributed by atoms with Gasteiger partial charge in [-0.25, -0.2) is 0 Å². The van der Waals surface area contributed by atoms with Gasteiger partial charge < -0.3 is 19.4 Å². The fraction of sp³-hybridized carbons (Fsp3) is 0.281. The summed E-state index contributed by atoms with van der Waals surface area (Å²) in [5, 5.41) is 1.12. The number of aromatic amines is 1. The van der Waals surface area contributed by atoms with Crippen LogP contribution in [0.25, 0.3) is 17.0 Å². The van der Waals surface area contributed by atoms with Crippen LogP contribution in [0.2, 0.25) is 0 Å². The molecule has 38 heavy (non-hydrogen) atoms. The second kappa shape index (κ2) is 12.0. The smallest absolute Gasteiger partial charge is 0.223 e. The van der Waals surface area contributed by atoms with Crippen LogP contribution in [0.3, 0.4) is 0 Å². The number of carbonyl (C=O) groups is 1. The number of benzene rings is 3. The number of hydrogen-bond acceptors (Lipinski definition) is 4. The van der Waals surface area contributed by atoms with E-state index in [2.05, 4.69) is 58.4 Å². The highest BCUT2D eigenvalue weighted by Crippen LogP contribution is 2.39. The molecule has 196 valence electrons. The number of para-hydroxylation sites is 1. The van der Waals surface area contributed by atoms with Crippen LogP contribution in [-0.4, -0.2) is 67.6 Å². The third kappa shape index (κ3) is 5.76. The quantitative estimate of drug-likeness (QED) is 0.321. The topological polar surface area (TPSA) is 57.8 Å². The minimum atomic E-state index is -0.147. The van der Waals surface area contributed by atoms with Gasteiger partial charge in [0, 0.05) is 73.8 Å². The van der Waals surface area contributed by atoms with Crippen LogP contribution in [-0.2, 0) is 4.79 Å². The highest BCUT2D eigenvalue weighted by atomic mass is 16.5. The van der Waals surface area contributed by atoms with E-state index in [1.807, 2.05) is 47.5 Å². The van der Waals surface area contributed by atoms with Crippen LogP contribution in [0, 0.1) is 0 Å². The predicted molar refractivity (Wildman–Crippen MR) is 153 cm³/mol. The van der Waals surface area contributed by atoms with Crippen molar-refractivity contribution < 1.29 is 14.3 Å². The number of aromatic nitrogens is 1. The van der Waals surface area contributed by atoms with E-state index in [-0.39, 0.29) is 11.8 Å². The van der Waals surface area contributed by atoms with Gasteiger partial charge in [0.05, 0.1) is 14.2 Å². The third-order valence-electron chi connectivity index (χ3n) is 7.39. The molecular weight excluding hydrogens is 474 g/mol. The Morgan fingerprint density at radius 1 is 0.921 bits per heavy atom. The molecule has 0 aliphatic carbocycles. The third-order valence-corrected chi connectivity index (χ3v) is 7.39. The number of ether oxygens (including phenoxy) is 2. The Labute approximate surface area is 224 Å². The van der Waals surface area contributed by atoms with Crippen LogP contribution in [0.4, 0.5) is 0 Å². The van der Waals surface area contributed by atoms with Crippen LogP contribution in [0.5, 0.6) is 11.5 Å². The molecule has 0 spiro atoms. The van der Waals surface area contributed by atoms with Gasteiger partial charge in [0.2, 0.25) is 5.91 Å². The molecule has 1 aromatic heterocycles. The standard InChI is InChI=1S/C32H35N3O3/c1-37-25-14-15-27(31(21-25)38-2)28(29-23-33-30-13-7-6-12-26(29)30)22-32(36)35-19-17-34(18-20-35)16-8-11-24-9-4-3-5-10-24/h3-15,21,23,28,33H,16-20,22H2,1-2H3/b11-8+. The molecule has 0 saturated carbocycles. The molecule has 1 atom stereocenters. The molecule has 6 nitrogen and oxygen atoms in total. The maximum absolute atomic E-state index is 13.7. The molecule has 2 heterocycles. The molecular formula is C32H35N3O3. The van der Waals surface area contributed by atoms with Crippen molar-refractivity contribution in [2.75, 3.05) is 46.9 Å². The van der Waals surface area contributed by atoms with E-state index in [1.165, 1.54) is 5.56 Å². The summed E-state index contributed by atoms with van der Waals surface area (Å²) >= 11 is 0. The zero-order valence-corrected chi connectivity index (χ0v) is 22.1. The summed E-state index contributed by atoms with van der Waals surface area (Å²) in [6.07, 6.45) is 6.77. The zero-order valence-electron chi connectivity index (χ0n) is 22.1. The fourth-order valence-corrected chi connectivity index (χ4v) is 5.26. The summed E-state index contributed by atoms with van der Waals surface area (Å²) in [7, 11) is 3.31. The summed E-state index contributed by atoms with van der Waals surface area (Å²) in [4.78, 5) is 21.4. The Morgan fingerprint density at radius 2 is 1.68 bits per heavy atom. The number of rotatable bonds is 9. The number of hydrogen-bond donors (Lipinski definition) is 1. The van der Waals surface area contributed by atoms with Crippen molar-refractivity contribution >= 4 is 22.9 Å². The van der Waals surface area contributed by atoms with E-state index in [9.17, 15) is 4.79 Å². The van der Waals surface area contributed by atoms with Gasteiger partial charge in [-0.15, -0.1) is 0 Å². The van der Waals surface area contributed by atoms with E-state index in [4.69, 9.17) is 9.47 Å². The molecule has 1 unspecified atom stereocenters. The van der Waals surface area contributed by atoms with Crippen molar-refractivity contribution in [1.82, 2.24) is 14.8 Å². The number of nitrogens with zero attached hydrogens (tertiary/aromatic N) is 2. The Balaban J connectivity index is 1.31. The van der Waals surface area contributed by atoms with Crippen molar-refractivity contribution in [3.05, 3.63) is 102 Å². The Hall–Kier alpha value is -4.03. The first-order valence-electron chi connectivity index (χ1n) is 13.2. The lowest BCUT2D eigenvalue weighted by Crippen LogP contribution is -2.48. The van der Waals surface area contributed by atoms with Crippen molar-refractivity contribution in [3.63, 3.8) is 0 Å². The minimum absolute atomic E-state index is 0.147. The van der Waals surface area contributed by atoms with E-state index >= 15 is 0 Å². The van der Waals surface area contributed by atoms with E-state index in [1.54, 1.807) is 14.2 Å². The zero-order chi connectivity index (χ0) is 26.3. The molecule has 3 aromatic carbocycles. The van der Waals surface area contributed by atoms with Crippen molar-refractivity contribution in [2.24, 2.45) is 0 Å². The Kier molecular flexibility index (Phi) is 8.09. The average molecular weight is 510 g/mol. The maximum atomic E-state index is 13.7. The lowest BCUT2D eigenvalue weighted by atomic mass is 9.87. The molecule has 1 N–H and O–H groups in total. The van der Waals surface area contributed by atoms with Crippen LogP contribution in [0.15, 0.2) is 85.1 Å². The van der Waals surface area contributed by atoms with Crippen LogP contribution < -0.4 is 9.47 Å². The first kappa shape index (κ1) is 25.6. The minimum Gasteiger partial charge on any atom is -0.497 e. The van der Waals surface area contributed by atoms with E-state index < -0.39 is 0 Å². The summed E-state index contributed by atoms with van der Waals surface area (Å²) < 4.78 is 11.2. The number of piperazine rings is 1. The normalized spacial score (nSPS) is 15.2. The second-order valence-corrected chi connectivity index (χ2v) is 9.65. The number of fused-ring (bicyclic) bond motifs is 1. The molecule has 5 rings (SSSR count). The van der Waals surface area contributed by atoms with Gasteiger partial charge in [-0.05, 0) is 23.3 Å². The number of amides is 1. The monoisotopic (exact) mass is 509 g/mol. The Morgan fingerprint density at radius 3 is 2.45 bits per heavy atom. The molecule has 1 fully saturated rings. The van der Waals surface area contributed by atoms with Crippen molar-refractivity contribution in [1.29, 1.82) is 0 Å². The number of nitrogens with one attached hydrogen (secondary N) is 1. The van der Waals surface area contributed by atoms with Crippen LogP contribution >= 0.6 is 0 Å². The maximum Gasteiger partial charge on any atom is 0.223 e. The number of carbonyl (C=O) groups excluding carboxylic acids is 1. The van der Waals surface area contributed by atoms with Gasteiger partial charge in [0.25, 0.3) is 0 Å². The SMILES string of the molecule is COc1ccc(C(CC(=O)N2CCN(C/C=C/c3ccccc3)CC2)c2c[nH]c3ccccc23)c(OC)c1. The van der Waals surface area contributed by atoms with Gasteiger partial charge in [0.15, 0.2) is 0 Å². The highest BCUT2D eigenvalue weighted by Gasteiger charge is 2.28. The van der Waals surface area contributed by atoms with Crippen LogP contribution in [0.1, 0.15) is 29.0 Å². The molecule has 6 heteroatoms. The van der Waals surface area contributed by atoms with Gasteiger partial charge in [-0.3, -0.25) is 9.69 Å². The molecule has 0 radical (unpaired) electrons. The van der Waals surface area contributed by atoms with Crippen molar-refractivity contribution in [2.45, 2.75) is 12.3 Å². The Bertz CT molecular complexity index is 1390. The van der Waals surface area contributed by atoms with Gasteiger partial charge >= 0.3 is 0 Å². The van der Waals surface area contributed by atoms with E-state index in [0.29, 0.717) is 6.42 Å². The van der Waals surface area contributed by atoms with Gasteiger partial charge in [-0.1, -0.05) is 66.7 Å². The molecule has 1 amide bonds. The summed E-state index contributed by atoms with van der Waals surface area (Å²) in [6.45, 7) is 4.09. The second-order valence-electron chi connectivity index (χ2n) is 9.65. The first-order valence-corrected chi connectivity index (χ1v) is 13.2. The van der Waals surface area contributed by atoms with Crippen molar-refractivity contribution in [3.8, 4) is 11.5 Å². The summed E-state index contributed by atoms with van der Waals surface area (Å²) in [6, 6.07) is 24.4. The van der Waals surface area contributed by atoms with Gasteiger partial charge in [-0.2, -0.15) is 0 Å². The highest BCUT2D eigenvalue weighted by molar-refractivity contribution is 5.86. The molecule has 1 aliphatic rings. The lowest BCUT2D eigenvalue weighted by molar-refractivity contribution is -0.133. The molecule has 0 bridgehead atoms. The summed E-state index contributed by atoms with van der Waals surface area (Å²) in [5.74, 6) is 1.47. The molecule has 1 saturated heterocycles. The first-order chi connectivity index (χ1) is 18.7. The fourth-order valence-electron chi connectivity index (χ4n) is 5.26. The predicted octanol–water partition coefficient (Wildman–Crippen LogP) is 5.56. The lowest BCUT2D eigenvalue weighted by Gasteiger charge is -2.35. The van der Waals surface area contributed by atoms with Gasteiger partial charge in [0.1, 0.15) is 11.5 Å². The largest absolute Gasteiger partial charge is 0.497 e. The summed E-state index contributed by atoms with van der Waals surface area (Å²) in [5.41, 5.74) is 4.35. The van der Waals surface area contributed by atoms with E-state index in [0.717, 1.165) is 66.3 Å². The number of methoxy groups -OCH3 is 2. The average Bonchev–Trinajstić information content (AvgIpc) is 3.40.